The van der Waals surface area contributed by atoms with Gasteiger partial charge in [0.15, 0.2) is 0 Å². The first-order chi connectivity index (χ1) is 16.6. The molecule has 1 fully saturated rings. The minimum absolute atomic E-state index is 0.00306. The van der Waals surface area contributed by atoms with Crippen LogP contribution in [0.5, 0.6) is 5.75 Å². The van der Waals surface area contributed by atoms with Crippen LogP contribution in [0, 0.1) is 6.92 Å². The molecule has 0 unspecified atom stereocenters. The number of amides is 1. The monoisotopic (exact) mass is 490 g/mol. The number of aromatic amines is 1. The summed E-state index contributed by atoms with van der Waals surface area (Å²) in [6.45, 7) is 3.73. The number of pyridine rings is 1. The fraction of sp³-hybridized carbons (Fsp3) is 0.417. The van der Waals surface area contributed by atoms with Crippen molar-refractivity contribution in [1.82, 2.24) is 19.8 Å². The minimum atomic E-state index is -4.23. The van der Waals surface area contributed by atoms with Gasteiger partial charge in [-0.1, -0.05) is 0 Å². The molecule has 1 aromatic carbocycles. The fourth-order valence-corrected chi connectivity index (χ4v) is 4.70. The predicted molar refractivity (Wildman–Crippen MR) is 127 cm³/mol. The third kappa shape index (κ3) is 5.35. The number of halogens is 3. The molecule has 8 nitrogen and oxygen atoms in total. The predicted octanol–water partition coefficient (Wildman–Crippen LogP) is 3.37. The van der Waals surface area contributed by atoms with Crippen LogP contribution in [-0.2, 0) is 6.54 Å². The first-order valence-corrected chi connectivity index (χ1v) is 11.3. The van der Waals surface area contributed by atoms with Gasteiger partial charge >= 0.3 is 6.18 Å². The molecule has 1 aliphatic rings. The summed E-state index contributed by atoms with van der Waals surface area (Å²) in [5, 5.41) is 1.02. The number of alkyl halides is 3. The highest BCUT2D eigenvalue weighted by molar-refractivity contribution is 5.97. The van der Waals surface area contributed by atoms with Crippen molar-refractivity contribution < 1.29 is 22.7 Å². The number of nitrogens with two attached hydrogens (primary N) is 2. The number of nitrogen functional groups attached to an aromatic ring is 1. The molecule has 1 aliphatic heterocycles. The number of rotatable bonds is 7. The quantitative estimate of drug-likeness (QED) is 0.468. The van der Waals surface area contributed by atoms with Gasteiger partial charge in [-0.15, -0.1) is 0 Å². The number of anilines is 1. The van der Waals surface area contributed by atoms with Crippen molar-refractivity contribution in [3.63, 3.8) is 0 Å². The van der Waals surface area contributed by atoms with Gasteiger partial charge in [-0.3, -0.25) is 14.6 Å². The summed E-state index contributed by atoms with van der Waals surface area (Å²) >= 11 is 0. The molecular formula is C24H29F3N6O2. The molecule has 0 spiro atoms. The van der Waals surface area contributed by atoms with Crippen molar-refractivity contribution >= 4 is 22.6 Å². The number of carbonyl (C=O) groups is 1. The number of carbonyl (C=O) groups excluding carboxylic acids is 1. The molecule has 1 saturated heterocycles. The average molecular weight is 491 g/mol. The fourth-order valence-electron chi connectivity index (χ4n) is 4.70. The number of methoxy groups -OCH3 is 1. The summed E-state index contributed by atoms with van der Waals surface area (Å²) in [5.41, 5.74) is 15.1. The van der Waals surface area contributed by atoms with Crippen LogP contribution in [0.15, 0.2) is 30.5 Å². The minimum Gasteiger partial charge on any atom is -0.496 e. The summed E-state index contributed by atoms with van der Waals surface area (Å²) in [6, 6.07) is 6.80. The van der Waals surface area contributed by atoms with Crippen LogP contribution >= 0.6 is 0 Å². The second kappa shape index (κ2) is 9.74. The van der Waals surface area contributed by atoms with Crippen LogP contribution in [0.3, 0.4) is 0 Å². The van der Waals surface area contributed by atoms with Crippen LogP contribution in [0.2, 0.25) is 0 Å². The number of nitrogens with zero attached hydrogens (tertiary/aromatic N) is 3. The van der Waals surface area contributed by atoms with Gasteiger partial charge in [-0.2, -0.15) is 13.2 Å². The van der Waals surface area contributed by atoms with E-state index in [0.717, 1.165) is 27.8 Å². The van der Waals surface area contributed by atoms with E-state index in [2.05, 4.69) is 14.9 Å². The third-order valence-corrected chi connectivity index (χ3v) is 6.53. The smallest absolute Gasteiger partial charge is 0.390 e. The van der Waals surface area contributed by atoms with Crippen molar-refractivity contribution in [2.45, 2.75) is 32.1 Å². The van der Waals surface area contributed by atoms with Crippen LogP contribution in [-0.4, -0.2) is 65.1 Å². The molecule has 0 aliphatic carbocycles. The number of piperazine rings is 1. The molecular weight excluding hydrogens is 461 g/mol. The lowest BCUT2D eigenvalue weighted by Gasteiger charge is -2.41. The molecule has 35 heavy (non-hydrogen) atoms. The molecule has 5 N–H and O–H groups in total. The number of nitrogens with one attached hydrogen (secondary N) is 1. The maximum Gasteiger partial charge on any atom is 0.390 e. The van der Waals surface area contributed by atoms with Gasteiger partial charge in [0, 0.05) is 55.4 Å². The number of ether oxygens (including phenoxy) is 1. The number of hydrogen-bond acceptors (Lipinski definition) is 6. The molecule has 1 atom stereocenters. The topological polar surface area (TPSA) is 114 Å². The Morgan fingerprint density at radius 2 is 2.06 bits per heavy atom. The first-order valence-electron chi connectivity index (χ1n) is 11.3. The molecule has 3 heterocycles. The first kappa shape index (κ1) is 24.8. The lowest BCUT2D eigenvalue weighted by atomic mass is 10.0. The van der Waals surface area contributed by atoms with E-state index in [1.807, 2.05) is 25.3 Å². The van der Waals surface area contributed by atoms with Crippen LogP contribution < -0.4 is 16.2 Å². The number of primary amides is 1. The van der Waals surface area contributed by atoms with Crippen molar-refractivity contribution in [1.29, 1.82) is 0 Å². The second-order valence-electron chi connectivity index (χ2n) is 8.83. The highest BCUT2D eigenvalue weighted by atomic mass is 19.4. The Kier molecular flexibility index (Phi) is 6.91. The SMILES string of the molecule is COc1cc(C)c2[nH]ccc2c1CN1CCN(CCC(F)(F)F)C[C@H]1c1ccc(C(N)=O)c(N)n1. The zero-order valence-corrected chi connectivity index (χ0v) is 19.7. The van der Waals surface area contributed by atoms with Crippen molar-refractivity contribution in [3.05, 3.63) is 52.8 Å². The lowest BCUT2D eigenvalue weighted by molar-refractivity contribution is -0.139. The average Bonchev–Trinajstić information content (AvgIpc) is 3.30. The van der Waals surface area contributed by atoms with E-state index in [4.69, 9.17) is 16.2 Å². The van der Waals surface area contributed by atoms with Crippen molar-refractivity contribution in [2.75, 3.05) is 39.0 Å². The van der Waals surface area contributed by atoms with E-state index in [1.54, 1.807) is 18.1 Å². The van der Waals surface area contributed by atoms with E-state index in [-0.39, 0.29) is 24.0 Å². The molecule has 3 aromatic rings. The van der Waals surface area contributed by atoms with Crippen molar-refractivity contribution in [2.24, 2.45) is 5.73 Å². The van der Waals surface area contributed by atoms with Gasteiger partial charge in [0.05, 0.1) is 30.8 Å². The van der Waals surface area contributed by atoms with E-state index in [9.17, 15) is 18.0 Å². The summed E-state index contributed by atoms with van der Waals surface area (Å²) in [5.74, 6) is 0.0563. The van der Waals surface area contributed by atoms with Crippen LogP contribution in [0.4, 0.5) is 19.0 Å². The van der Waals surface area contributed by atoms with Gasteiger partial charge in [0.25, 0.3) is 5.91 Å². The maximum atomic E-state index is 12.9. The molecule has 4 rings (SSSR count). The Balaban J connectivity index is 1.68. The van der Waals surface area contributed by atoms with E-state index in [0.29, 0.717) is 31.9 Å². The number of hydrogen-bond donors (Lipinski definition) is 3. The summed E-state index contributed by atoms with van der Waals surface area (Å²) in [4.78, 5) is 23.2. The highest BCUT2D eigenvalue weighted by Crippen LogP contribution is 2.35. The standard InChI is InChI=1S/C24H29F3N6O2/c1-14-11-20(35-2)17(15-5-7-30-21(14)15)12-33-10-9-32(8-6-24(25,26)27)13-19(33)18-4-3-16(23(29)34)22(28)31-18/h3-5,7,11,19,30H,6,8-10,12-13H2,1-2H3,(H2,28,31)(H2,29,34)/t19-/m0/s1. The zero-order chi connectivity index (χ0) is 25.3. The Hall–Kier alpha value is -3.31. The molecule has 1 amide bonds. The van der Waals surface area contributed by atoms with Crippen LogP contribution in [0.25, 0.3) is 10.9 Å². The number of benzene rings is 1. The third-order valence-electron chi connectivity index (χ3n) is 6.53. The van der Waals surface area contributed by atoms with Gasteiger partial charge < -0.3 is 21.2 Å². The largest absolute Gasteiger partial charge is 0.496 e. The maximum absolute atomic E-state index is 12.9. The number of aryl methyl sites for hydroxylation is 1. The Morgan fingerprint density at radius 1 is 1.29 bits per heavy atom. The van der Waals surface area contributed by atoms with Gasteiger partial charge in [0.2, 0.25) is 0 Å². The van der Waals surface area contributed by atoms with Crippen LogP contribution in [0.1, 0.15) is 39.6 Å². The van der Waals surface area contributed by atoms with Gasteiger partial charge in [-0.25, -0.2) is 4.98 Å². The number of aromatic nitrogens is 2. The van der Waals surface area contributed by atoms with Gasteiger partial charge in [-0.05, 0) is 36.8 Å². The highest BCUT2D eigenvalue weighted by Gasteiger charge is 2.34. The Labute approximate surface area is 201 Å². The Bertz CT molecular complexity index is 1230. The molecule has 2 aromatic heterocycles. The van der Waals surface area contributed by atoms with E-state index in [1.165, 1.54) is 6.07 Å². The zero-order valence-electron chi connectivity index (χ0n) is 19.7. The van der Waals surface area contributed by atoms with Crippen molar-refractivity contribution in [3.8, 4) is 5.75 Å². The molecule has 0 bridgehead atoms. The normalized spacial score (nSPS) is 17.7. The molecule has 0 saturated carbocycles. The lowest BCUT2D eigenvalue weighted by Crippen LogP contribution is -2.49. The Morgan fingerprint density at radius 3 is 2.71 bits per heavy atom. The summed E-state index contributed by atoms with van der Waals surface area (Å²) in [6.07, 6.45) is -3.24. The number of fused-ring (bicyclic) bond motifs is 1. The number of H-pyrrole nitrogens is 1. The summed E-state index contributed by atoms with van der Waals surface area (Å²) < 4.78 is 44.3. The van der Waals surface area contributed by atoms with E-state index >= 15 is 0 Å². The second-order valence-corrected chi connectivity index (χ2v) is 8.83. The molecule has 0 radical (unpaired) electrons. The van der Waals surface area contributed by atoms with Gasteiger partial charge in [0.1, 0.15) is 11.6 Å². The summed E-state index contributed by atoms with van der Waals surface area (Å²) in [7, 11) is 1.62. The molecule has 188 valence electrons. The van der Waals surface area contributed by atoms with E-state index < -0.39 is 18.5 Å². The molecule has 11 heteroatoms.